The molecule has 0 unspecified atom stereocenters. The van der Waals surface area contributed by atoms with Crippen molar-refractivity contribution < 1.29 is 14.2 Å². The minimum atomic E-state index is 0.468. The molecule has 7 nitrogen and oxygen atoms in total. The maximum absolute atomic E-state index is 5.35. The zero-order chi connectivity index (χ0) is 17.5. The molecule has 0 radical (unpaired) electrons. The Bertz CT molecular complexity index is 694. The van der Waals surface area contributed by atoms with Gasteiger partial charge in [0.05, 0.1) is 21.3 Å². The van der Waals surface area contributed by atoms with Gasteiger partial charge in [0.1, 0.15) is 5.82 Å². The summed E-state index contributed by atoms with van der Waals surface area (Å²) in [5, 5.41) is 6.30. The van der Waals surface area contributed by atoms with Crippen molar-refractivity contribution in [3.8, 4) is 17.2 Å². The van der Waals surface area contributed by atoms with Crippen LogP contribution in [0.25, 0.3) is 0 Å². The molecule has 0 bridgehead atoms. The van der Waals surface area contributed by atoms with E-state index in [1.807, 2.05) is 13.0 Å². The van der Waals surface area contributed by atoms with Crippen LogP contribution in [0.4, 0.5) is 17.5 Å². The molecule has 0 aliphatic rings. The van der Waals surface area contributed by atoms with Gasteiger partial charge < -0.3 is 24.8 Å². The number of hydrogen-bond donors (Lipinski definition) is 2. The zero-order valence-corrected chi connectivity index (χ0v) is 14.3. The third-order valence-electron chi connectivity index (χ3n) is 3.20. The van der Waals surface area contributed by atoms with Crippen LogP contribution in [-0.2, 0) is 0 Å². The molecule has 2 rings (SSSR count). The van der Waals surface area contributed by atoms with E-state index in [2.05, 4.69) is 27.2 Å². The molecule has 0 saturated carbocycles. The molecule has 2 aromatic rings. The predicted octanol–water partition coefficient (Wildman–Crippen LogP) is 3.15. The molecule has 1 aromatic heterocycles. The summed E-state index contributed by atoms with van der Waals surface area (Å²) in [4.78, 5) is 8.82. The van der Waals surface area contributed by atoms with Crippen molar-refractivity contribution in [3.63, 3.8) is 0 Å². The van der Waals surface area contributed by atoms with Crippen LogP contribution < -0.4 is 24.8 Å². The van der Waals surface area contributed by atoms with Gasteiger partial charge in [-0.2, -0.15) is 4.98 Å². The van der Waals surface area contributed by atoms with Crippen LogP contribution in [0.1, 0.15) is 5.69 Å². The van der Waals surface area contributed by atoms with Gasteiger partial charge in [0, 0.05) is 36.1 Å². The fourth-order valence-corrected chi connectivity index (χ4v) is 2.17. The molecule has 0 fully saturated rings. The maximum atomic E-state index is 5.35. The second kappa shape index (κ2) is 8.05. The highest BCUT2D eigenvalue weighted by molar-refractivity contribution is 5.66. The lowest BCUT2D eigenvalue weighted by Gasteiger charge is -2.15. The lowest BCUT2D eigenvalue weighted by molar-refractivity contribution is 0.324. The average Bonchev–Trinajstić information content (AvgIpc) is 2.58. The summed E-state index contributed by atoms with van der Waals surface area (Å²) in [5.74, 6) is 2.83. The number of hydrogen-bond acceptors (Lipinski definition) is 7. The fourth-order valence-electron chi connectivity index (χ4n) is 2.17. The molecule has 128 valence electrons. The minimum absolute atomic E-state index is 0.468. The Kier molecular flexibility index (Phi) is 5.83. The van der Waals surface area contributed by atoms with Gasteiger partial charge in [0.15, 0.2) is 11.5 Å². The smallest absolute Gasteiger partial charge is 0.229 e. The van der Waals surface area contributed by atoms with Gasteiger partial charge in [-0.3, -0.25) is 0 Å². The normalized spacial score (nSPS) is 10.0. The van der Waals surface area contributed by atoms with E-state index < -0.39 is 0 Å². The summed E-state index contributed by atoms with van der Waals surface area (Å²) in [5.41, 5.74) is 1.57. The van der Waals surface area contributed by atoms with Crippen molar-refractivity contribution in [2.24, 2.45) is 0 Å². The van der Waals surface area contributed by atoms with Crippen LogP contribution in [0.3, 0.4) is 0 Å². The number of rotatable bonds is 8. The molecule has 0 saturated heterocycles. The number of anilines is 3. The maximum Gasteiger partial charge on any atom is 0.229 e. The van der Waals surface area contributed by atoms with Crippen LogP contribution in [0, 0.1) is 6.92 Å². The first-order chi connectivity index (χ1) is 11.6. The number of aryl methyl sites for hydroxylation is 1. The number of nitrogens with zero attached hydrogens (tertiary/aromatic N) is 2. The number of aromatic nitrogens is 2. The van der Waals surface area contributed by atoms with E-state index >= 15 is 0 Å². The highest BCUT2D eigenvalue weighted by atomic mass is 16.5. The molecule has 7 heteroatoms. The van der Waals surface area contributed by atoms with E-state index in [1.165, 1.54) is 0 Å². The lowest BCUT2D eigenvalue weighted by atomic mass is 10.2. The summed E-state index contributed by atoms with van der Waals surface area (Å²) >= 11 is 0. The Balaban J connectivity index is 2.33. The second-order valence-electron chi connectivity index (χ2n) is 4.93. The average molecular weight is 330 g/mol. The van der Waals surface area contributed by atoms with E-state index in [4.69, 9.17) is 14.2 Å². The number of methoxy groups -OCH3 is 3. The molecule has 1 heterocycles. The van der Waals surface area contributed by atoms with Crippen molar-refractivity contribution in [1.82, 2.24) is 9.97 Å². The van der Waals surface area contributed by atoms with E-state index in [1.54, 1.807) is 39.5 Å². The first kappa shape index (κ1) is 17.4. The van der Waals surface area contributed by atoms with Crippen molar-refractivity contribution in [3.05, 3.63) is 36.5 Å². The summed E-state index contributed by atoms with van der Waals surface area (Å²) in [6.07, 6.45) is 1.77. The molecule has 0 spiro atoms. The number of nitrogens with one attached hydrogen (secondary N) is 2. The SMILES string of the molecule is C=CCNc1cc(C)nc(Nc2cc(OC)c(OC)c(OC)c2)n1. The van der Waals surface area contributed by atoms with Gasteiger partial charge in [-0.25, -0.2) is 4.98 Å². The standard InChI is InChI=1S/C17H22N4O3/c1-6-7-18-15-8-11(2)19-17(21-15)20-12-9-13(22-3)16(24-5)14(10-12)23-4/h6,8-10H,1,7H2,2-5H3,(H2,18,19,20,21). The highest BCUT2D eigenvalue weighted by Gasteiger charge is 2.14. The summed E-state index contributed by atoms with van der Waals surface area (Å²) in [7, 11) is 4.71. The predicted molar refractivity (Wildman–Crippen MR) is 94.8 cm³/mol. The molecular formula is C17H22N4O3. The molecule has 0 atom stereocenters. The molecule has 24 heavy (non-hydrogen) atoms. The minimum Gasteiger partial charge on any atom is -0.493 e. The first-order valence-electron chi connectivity index (χ1n) is 7.38. The molecule has 0 amide bonds. The lowest BCUT2D eigenvalue weighted by Crippen LogP contribution is -2.05. The summed E-state index contributed by atoms with van der Waals surface area (Å²) in [6.45, 7) is 6.21. The van der Waals surface area contributed by atoms with Crippen molar-refractivity contribution >= 4 is 17.5 Å². The Morgan fingerprint density at radius 1 is 1.04 bits per heavy atom. The zero-order valence-electron chi connectivity index (χ0n) is 14.3. The van der Waals surface area contributed by atoms with E-state index in [-0.39, 0.29) is 0 Å². The van der Waals surface area contributed by atoms with Gasteiger partial charge in [0.2, 0.25) is 11.7 Å². The van der Waals surface area contributed by atoms with Gasteiger partial charge in [0.25, 0.3) is 0 Å². The van der Waals surface area contributed by atoms with Crippen molar-refractivity contribution in [2.75, 3.05) is 38.5 Å². The molecule has 2 N–H and O–H groups in total. The Morgan fingerprint density at radius 2 is 1.71 bits per heavy atom. The molecular weight excluding hydrogens is 308 g/mol. The van der Waals surface area contributed by atoms with Gasteiger partial charge >= 0.3 is 0 Å². The first-order valence-corrected chi connectivity index (χ1v) is 7.38. The summed E-state index contributed by atoms with van der Waals surface area (Å²) < 4.78 is 16.0. The van der Waals surface area contributed by atoms with E-state index in [9.17, 15) is 0 Å². The largest absolute Gasteiger partial charge is 0.493 e. The van der Waals surface area contributed by atoms with E-state index in [0.717, 1.165) is 17.2 Å². The van der Waals surface area contributed by atoms with E-state index in [0.29, 0.717) is 29.7 Å². The van der Waals surface area contributed by atoms with Crippen LogP contribution in [0.5, 0.6) is 17.2 Å². The third-order valence-corrected chi connectivity index (χ3v) is 3.20. The summed E-state index contributed by atoms with van der Waals surface area (Å²) in [6, 6.07) is 5.46. The van der Waals surface area contributed by atoms with Crippen molar-refractivity contribution in [1.29, 1.82) is 0 Å². The fraction of sp³-hybridized carbons (Fsp3) is 0.294. The van der Waals surface area contributed by atoms with Gasteiger partial charge in [-0.1, -0.05) is 6.08 Å². The topological polar surface area (TPSA) is 77.5 Å². The monoisotopic (exact) mass is 330 g/mol. The van der Waals surface area contributed by atoms with Crippen LogP contribution >= 0.6 is 0 Å². The van der Waals surface area contributed by atoms with Crippen LogP contribution in [0.15, 0.2) is 30.9 Å². The number of benzene rings is 1. The van der Waals surface area contributed by atoms with Crippen LogP contribution in [0.2, 0.25) is 0 Å². The third kappa shape index (κ3) is 4.07. The Hall–Kier alpha value is -2.96. The Morgan fingerprint density at radius 3 is 2.25 bits per heavy atom. The molecule has 0 aliphatic heterocycles. The van der Waals surface area contributed by atoms with Crippen molar-refractivity contribution in [2.45, 2.75) is 6.92 Å². The van der Waals surface area contributed by atoms with Gasteiger partial charge in [-0.05, 0) is 6.92 Å². The number of ether oxygens (including phenoxy) is 3. The molecule has 1 aromatic carbocycles. The van der Waals surface area contributed by atoms with Crippen LogP contribution in [-0.4, -0.2) is 37.8 Å². The highest BCUT2D eigenvalue weighted by Crippen LogP contribution is 2.40. The second-order valence-corrected chi connectivity index (χ2v) is 4.93. The van der Waals surface area contributed by atoms with Gasteiger partial charge in [-0.15, -0.1) is 6.58 Å². The quantitative estimate of drug-likeness (QED) is 0.720. The molecule has 0 aliphatic carbocycles. The Labute approximate surface area is 141 Å².